The molecule has 2 rings (SSSR count). The lowest BCUT2D eigenvalue weighted by molar-refractivity contribution is -0.713. The summed E-state index contributed by atoms with van der Waals surface area (Å²) in [6.45, 7) is 3.93. The molecule has 0 aliphatic rings. The summed E-state index contributed by atoms with van der Waals surface area (Å²) in [5.41, 5.74) is 1.58. The van der Waals surface area contributed by atoms with Crippen LogP contribution in [0.5, 0.6) is 0 Å². The molecule has 2 atom stereocenters. The van der Waals surface area contributed by atoms with E-state index in [-0.39, 0.29) is 23.0 Å². The molecule has 128 valence electrons. The van der Waals surface area contributed by atoms with Gasteiger partial charge in [-0.15, -0.1) is 0 Å². The molecule has 0 aliphatic heterocycles. The number of nitrogens with one attached hydrogen (secondary N) is 1. The van der Waals surface area contributed by atoms with E-state index in [2.05, 4.69) is 40.3 Å². The third-order valence-corrected chi connectivity index (χ3v) is 4.70. The number of anilines is 1. The molecule has 0 saturated carbocycles. The number of hydrogen-bond acceptors (Lipinski definition) is 1. The maximum Gasteiger partial charge on any atom is 0.282 e. The van der Waals surface area contributed by atoms with Gasteiger partial charge in [-0.3, -0.25) is 4.79 Å². The fourth-order valence-corrected chi connectivity index (χ4v) is 2.94. The summed E-state index contributed by atoms with van der Waals surface area (Å²) in [4.78, 5) is 12.4. The molecular formula is C18H20BrClFN2O+. The Kier molecular flexibility index (Phi) is 6.78. The van der Waals surface area contributed by atoms with Gasteiger partial charge in [-0.2, -0.15) is 0 Å². The molecule has 0 radical (unpaired) electrons. The van der Waals surface area contributed by atoms with Gasteiger partial charge in [-0.25, -0.2) is 4.39 Å². The first-order valence-corrected chi connectivity index (χ1v) is 8.94. The minimum atomic E-state index is -0.432. The zero-order chi connectivity index (χ0) is 17.7. The van der Waals surface area contributed by atoms with Crippen molar-refractivity contribution >= 4 is 39.1 Å². The monoisotopic (exact) mass is 413 g/mol. The summed E-state index contributed by atoms with van der Waals surface area (Å²) < 4.78 is 14.1. The number of carbonyl (C=O) groups is 1. The van der Waals surface area contributed by atoms with Gasteiger partial charge in [0.1, 0.15) is 11.9 Å². The molecule has 3 nitrogen and oxygen atoms in total. The highest BCUT2D eigenvalue weighted by molar-refractivity contribution is 9.10. The van der Waals surface area contributed by atoms with Crippen LogP contribution < -0.4 is 10.6 Å². The number of quaternary nitrogens is 1. The van der Waals surface area contributed by atoms with Gasteiger partial charge in [0.2, 0.25) is 0 Å². The van der Waals surface area contributed by atoms with Crippen LogP contribution in [0.25, 0.3) is 0 Å². The average molecular weight is 415 g/mol. The first-order valence-electron chi connectivity index (χ1n) is 7.77. The maximum absolute atomic E-state index is 13.1. The van der Waals surface area contributed by atoms with Crippen LogP contribution in [0.1, 0.15) is 31.9 Å². The minimum Gasteiger partial charge on any atom is -0.330 e. The summed E-state index contributed by atoms with van der Waals surface area (Å²) in [5.74, 6) is -0.599. The third-order valence-electron chi connectivity index (χ3n) is 3.86. The van der Waals surface area contributed by atoms with E-state index < -0.39 is 5.82 Å². The van der Waals surface area contributed by atoms with Crippen molar-refractivity contribution in [3.8, 4) is 0 Å². The standard InChI is InChI=1S/C18H19BrClFN2O/c1-3-16(12-4-6-13(19)7-5-12)22-11(2)18(24)23-17-9-8-14(21)10-15(17)20/h4-11,16,22H,3H2,1-2H3,(H,23,24)/p+1/t11-,16+/m1/s1. The molecular weight excluding hydrogens is 395 g/mol. The highest BCUT2D eigenvalue weighted by atomic mass is 79.9. The number of benzene rings is 2. The van der Waals surface area contributed by atoms with E-state index >= 15 is 0 Å². The normalized spacial score (nSPS) is 13.4. The Morgan fingerprint density at radius 2 is 1.96 bits per heavy atom. The molecule has 0 fully saturated rings. The third kappa shape index (κ3) is 5.03. The smallest absolute Gasteiger partial charge is 0.282 e. The van der Waals surface area contributed by atoms with E-state index in [9.17, 15) is 9.18 Å². The Morgan fingerprint density at radius 1 is 1.29 bits per heavy atom. The van der Waals surface area contributed by atoms with E-state index in [1.807, 2.05) is 24.4 Å². The minimum absolute atomic E-state index is 0.168. The first kappa shape index (κ1) is 18.9. The van der Waals surface area contributed by atoms with Crippen molar-refractivity contribution in [1.82, 2.24) is 0 Å². The van der Waals surface area contributed by atoms with Crippen LogP contribution in [0, 0.1) is 5.82 Å². The zero-order valence-electron chi connectivity index (χ0n) is 13.5. The number of amides is 1. The SMILES string of the molecule is CC[C@H]([NH2+][C@H](C)C(=O)Nc1ccc(F)cc1Cl)c1ccc(Br)cc1. The molecule has 1 amide bonds. The van der Waals surface area contributed by atoms with Gasteiger partial charge in [0.05, 0.1) is 10.7 Å². The van der Waals surface area contributed by atoms with Crippen LogP contribution in [-0.2, 0) is 4.79 Å². The zero-order valence-corrected chi connectivity index (χ0v) is 15.9. The molecule has 0 aromatic heterocycles. The Balaban J connectivity index is 2.02. The van der Waals surface area contributed by atoms with E-state index in [0.717, 1.165) is 10.9 Å². The lowest BCUT2D eigenvalue weighted by Crippen LogP contribution is -2.92. The molecule has 2 aromatic rings. The molecule has 3 N–H and O–H groups in total. The van der Waals surface area contributed by atoms with Gasteiger partial charge < -0.3 is 10.6 Å². The van der Waals surface area contributed by atoms with Gasteiger partial charge in [0.15, 0.2) is 6.04 Å². The van der Waals surface area contributed by atoms with Crippen molar-refractivity contribution in [2.45, 2.75) is 32.4 Å². The van der Waals surface area contributed by atoms with Gasteiger partial charge in [0.25, 0.3) is 5.91 Å². The molecule has 0 spiro atoms. The topological polar surface area (TPSA) is 45.7 Å². The van der Waals surface area contributed by atoms with Crippen LogP contribution >= 0.6 is 27.5 Å². The molecule has 6 heteroatoms. The molecule has 0 unspecified atom stereocenters. The second-order valence-electron chi connectivity index (χ2n) is 5.66. The number of carbonyl (C=O) groups excluding carboxylic acids is 1. The summed E-state index contributed by atoms with van der Waals surface area (Å²) in [6.07, 6.45) is 0.899. The number of nitrogens with two attached hydrogens (primary N) is 1. The summed E-state index contributed by atoms with van der Waals surface area (Å²) in [5, 5.41) is 4.97. The Labute approximate surface area is 154 Å². The highest BCUT2D eigenvalue weighted by Gasteiger charge is 2.22. The summed E-state index contributed by atoms with van der Waals surface area (Å²) in [6, 6.07) is 11.9. The van der Waals surface area contributed by atoms with Crippen molar-refractivity contribution in [2.75, 3.05) is 5.32 Å². The highest BCUT2D eigenvalue weighted by Crippen LogP contribution is 2.22. The number of halogens is 3. The van der Waals surface area contributed by atoms with Crippen LogP contribution in [-0.4, -0.2) is 11.9 Å². The Hall–Kier alpha value is -1.43. The molecule has 0 heterocycles. The number of rotatable bonds is 6. The van der Waals surface area contributed by atoms with Crippen molar-refractivity contribution in [1.29, 1.82) is 0 Å². The van der Waals surface area contributed by atoms with Gasteiger partial charge in [-0.05, 0) is 37.3 Å². The predicted molar refractivity (Wildman–Crippen MR) is 98.6 cm³/mol. The van der Waals surface area contributed by atoms with Crippen molar-refractivity contribution in [2.24, 2.45) is 0 Å². The average Bonchev–Trinajstić information content (AvgIpc) is 2.55. The summed E-state index contributed by atoms with van der Waals surface area (Å²) in [7, 11) is 0. The van der Waals surface area contributed by atoms with Gasteiger partial charge in [0, 0.05) is 16.5 Å². The first-order chi connectivity index (χ1) is 11.4. The van der Waals surface area contributed by atoms with Crippen LogP contribution in [0.3, 0.4) is 0 Å². The van der Waals surface area contributed by atoms with Crippen molar-refractivity contribution in [3.05, 3.63) is 63.3 Å². The Morgan fingerprint density at radius 3 is 2.54 bits per heavy atom. The lowest BCUT2D eigenvalue weighted by Gasteiger charge is -2.19. The molecule has 24 heavy (non-hydrogen) atoms. The second-order valence-corrected chi connectivity index (χ2v) is 6.98. The summed E-state index contributed by atoms with van der Waals surface area (Å²) >= 11 is 9.38. The van der Waals surface area contributed by atoms with E-state index in [1.165, 1.54) is 23.8 Å². The largest absolute Gasteiger partial charge is 0.330 e. The maximum atomic E-state index is 13.1. The van der Waals surface area contributed by atoms with E-state index in [4.69, 9.17) is 11.6 Å². The molecule has 0 aliphatic carbocycles. The lowest BCUT2D eigenvalue weighted by atomic mass is 10.0. The van der Waals surface area contributed by atoms with E-state index in [0.29, 0.717) is 5.69 Å². The van der Waals surface area contributed by atoms with Gasteiger partial charge in [-0.1, -0.05) is 46.6 Å². The Bertz CT molecular complexity index is 709. The number of hydrogen-bond donors (Lipinski definition) is 2. The van der Waals surface area contributed by atoms with E-state index in [1.54, 1.807) is 0 Å². The molecule has 0 saturated heterocycles. The van der Waals surface area contributed by atoms with Crippen molar-refractivity contribution in [3.63, 3.8) is 0 Å². The van der Waals surface area contributed by atoms with Crippen LogP contribution in [0.15, 0.2) is 46.9 Å². The van der Waals surface area contributed by atoms with Crippen LogP contribution in [0.2, 0.25) is 5.02 Å². The molecule has 0 bridgehead atoms. The fourth-order valence-electron chi connectivity index (χ4n) is 2.47. The quantitative estimate of drug-likeness (QED) is 0.728. The molecule has 2 aromatic carbocycles. The van der Waals surface area contributed by atoms with Gasteiger partial charge >= 0.3 is 0 Å². The predicted octanol–water partition coefficient (Wildman–Crippen LogP) is 4.28. The second kappa shape index (κ2) is 8.60. The van der Waals surface area contributed by atoms with Crippen LogP contribution in [0.4, 0.5) is 10.1 Å². The fraction of sp³-hybridized carbons (Fsp3) is 0.278. The van der Waals surface area contributed by atoms with Crippen molar-refractivity contribution < 1.29 is 14.5 Å².